The van der Waals surface area contributed by atoms with E-state index in [1.165, 1.54) is 12.1 Å². The van der Waals surface area contributed by atoms with Gasteiger partial charge in [-0.25, -0.2) is 0 Å². The van der Waals surface area contributed by atoms with Gasteiger partial charge in [0.15, 0.2) is 0 Å². The summed E-state index contributed by atoms with van der Waals surface area (Å²) in [6.45, 7) is 0. The lowest BCUT2D eigenvalue weighted by atomic mass is 9.84. The second kappa shape index (κ2) is 10.8. The Balaban J connectivity index is 1.23. The first kappa shape index (κ1) is 30.2. The van der Waals surface area contributed by atoms with Gasteiger partial charge in [0.1, 0.15) is 0 Å². The Morgan fingerprint density at radius 1 is 0.300 bits per heavy atom. The van der Waals surface area contributed by atoms with E-state index in [9.17, 15) is 26.3 Å². The zero-order chi connectivity index (χ0) is 34.4. The van der Waals surface area contributed by atoms with E-state index in [1.807, 2.05) is 48.5 Å². The summed E-state index contributed by atoms with van der Waals surface area (Å²) in [6.07, 6.45) is -8.81. The van der Waals surface area contributed by atoms with Gasteiger partial charge < -0.3 is 0 Å². The molecule has 0 aliphatic heterocycles. The maximum absolute atomic E-state index is 13.4. The average Bonchev–Trinajstić information content (AvgIpc) is 3.12. The number of halogens is 6. The van der Waals surface area contributed by atoms with Crippen molar-refractivity contribution in [3.63, 3.8) is 0 Å². The smallest absolute Gasteiger partial charge is 0.166 e. The van der Waals surface area contributed by atoms with Gasteiger partial charge in [0, 0.05) is 0 Å². The molecule has 9 aromatic carbocycles. The lowest BCUT2D eigenvalue weighted by Gasteiger charge is -2.19. The number of benzene rings is 9. The van der Waals surface area contributed by atoms with Crippen LogP contribution in [-0.2, 0) is 12.4 Å². The lowest BCUT2D eigenvalue weighted by molar-refractivity contribution is -0.138. The van der Waals surface area contributed by atoms with Crippen LogP contribution < -0.4 is 0 Å². The van der Waals surface area contributed by atoms with Crippen LogP contribution in [0.2, 0.25) is 0 Å². The first-order valence-electron chi connectivity index (χ1n) is 16.1. The molecular weight excluding hydrogens is 642 g/mol. The molecule has 0 aliphatic carbocycles. The van der Waals surface area contributed by atoms with Gasteiger partial charge in [0.25, 0.3) is 0 Å². The fourth-order valence-electron chi connectivity index (χ4n) is 7.58. The molecule has 0 unspecified atom stereocenters. The van der Waals surface area contributed by atoms with Crippen LogP contribution in [0.25, 0.3) is 87.2 Å². The minimum atomic E-state index is -4.42. The normalized spacial score (nSPS) is 12.6. The predicted octanol–water partition coefficient (Wildman–Crippen LogP) is 13.9. The summed E-state index contributed by atoms with van der Waals surface area (Å²) in [5.41, 5.74) is 3.86. The topological polar surface area (TPSA) is 0 Å². The van der Waals surface area contributed by atoms with E-state index in [4.69, 9.17) is 0 Å². The number of fused-ring (bicyclic) bond motifs is 2. The van der Waals surface area contributed by atoms with Crippen molar-refractivity contribution < 1.29 is 26.3 Å². The fourth-order valence-corrected chi connectivity index (χ4v) is 7.58. The van der Waals surface area contributed by atoms with Crippen molar-refractivity contribution in [1.29, 1.82) is 0 Å². The number of hydrogen-bond donors (Lipinski definition) is 0. The zero-order valence-electron chi connectivity index (χ0n) is 26.1. The Hall–Kier alpha value is -5.88. The molecule has 0 aromatic heterocycles. The highest BCUT2D eigenvalue weighted by Crippen LogP contribution is 2.46. The van der Waals surface area contributed by atoms with Crippen LogP contribution in [0.3, 0.4) is 0 Å². The Kier molecular flexibility index (Phi) is 6.53. The summed E-state index contributed by atoms with van der Waals surface area (Å²) < 4.78 is 79.8. The van der Waals surface area contributed by atoms with Crippen molar-refractivity contribution in [1.82, 2.24) is 0 Å². The maximum Gasteiger partial charge on any atom is 0.416 e. The minimum Gasteiger partial charge on any atom is -0.166 e. The summed E-state index contributed by atoms with van der Waals surface area (Å²) >= 11 is 0. The van der Waals surface area contributed by atoms with E-state index in [0.717, 1.165) is 100 Å². The van der Waals surface area contributed by atoms with Gasteiger partial charge in [-0.2, -0.15) is 26.3 Å². The molecule has 0 heterocycles. The molecule has 0 saturated heterocycles. The fraction of sp³-hybridized carbons (Fsp3) is 0.0455. The highest BCUT2D eigenvalue weighted by molar-refractivity contribution is 6.26. The van der Waals surface area contributed by atoms with Gasteiger partial charge in [-0.05, 0) is 136 Å². The van der Waals surface area contributed by atoms with Crippen LogP contribution >= 0.6 is 0 Å². The number of alkyl halides is 6. The van der Waals surface area contributed by atoms with Crippen LogP contribution in [0.1, 0.15) is 11.1 Å². The van der Waals surface area contributed by atoms with E-state index >= 15 is 0 Å². The van der Waals surface area contributed by atoms with Crippen molar-refractivity contribution in [2.24, 2.45) is 0 Å². The maximum atomic E-state index is 13.4. The molecule has 0 nitrogen and oxygen atoms in total. The third kappa shape index (κ3) is 4.78. The SMILES string of the molecule is FC(F)(F)c1ccc(-c2cc3ccc4cc(-c5c6ccccc6c(-c6ccc(C(F)(F)F)cc6)c6ccccc56)cc5ccc(c2)c3c45)cc1. The molecule has 0 radical (unpaired) electrons. The van der Waals surface area contributed by atoms with Gasteiger partial charge in [-0.3, -0.25) is 0 Å². The molecule has 0 aliphatic rings. The number of hydrogen-bond acceptors (Lipinski definition) is 0. The zero-order valence-corrected chi connectivity index (χ0v) is 26.1. The van der Waals surface area contributed by atoms with E-state index in [0.29, 0.717) is 11.1 Å². The van der Waals surface area contributed by atoms with Gasteiger partial charge >= 0.3 is 12.4 Å². The summed E-state index contributed by atoms with van der Waals surface area (Å²) in [5.74, 6) is 0. The van der Waals surface area contributed by atoms with Crippen molar-refractivity contribution >= 4 is 53.9 Å². The third-order valence-corrected chi connectivity index (χ3v) is 9.80. The average molecular weight is 667 g/mol. The highest BCUT2D eigenvalue weighted by Gasteiger charge is 2.31. The van der Waals surface area contributed by atoms with Crippen molar-refractivity contribution in [3.8, 4) is 33.4 Å². The molecule has 0 atom stereocenters. The molecule has 0 saturated carbocycles. The van der Waals surface area contributed by atoms with E-state index in [2.05, 4.69) is 48.5 Å². The predicted molar refractivity (Wildman–Crippen MR) is 191 cm³/mol. The summed E-state index contributed by atoms with van der Waals surface area (Å²) in [5, 5.41) is 10.2. The molecule has 0 fully saturated rings. The highest BCUT2D eigenvalue weighted by atomic mass is 19.4. The van der Waals surface area contributed by atoms with Crippen LogP contribution in [0, 0.1) is 0 Å². The molecule has 6 heteroatoms. The van der Waals surface area contributed by atoms with Crippen LogP contribution in [0.5, 0.6) is 0 Å². The first-order chi connectivity index (χ1) is 24.0. The second-order valence-electron chi connectivity index (χ2n) is 12.7. The Morgan fingerprint density at radius 3 is 0.980 bits per heavy atom. The van der Waals surface area contributed by atoms with E-state index in [1.54, 1.807) is 12.1 Å². The standard InChI is InChI=1S/C44H24F6/c45-43(46,47)33-17-13-25(14-18-33)31-21-27-9-11-29-23-32(24-30-12-10-28(22-31)39(27)40(29)30)42-37-7-3-1-5-35(37)41(36-6-2-4-8-38(36)42)26-15-19-34(20-16-26)44(48,49)50/h1-24H. The largest absolute Gasteiger partial charge is 0.416 e. The van der Waals surface area contributed by atoms with Crippen molar-refractivity contribution in [3.05, 3.63) is 157 Å². The van der Waals surface area contributed by atoms with E-state index < -0.39 is 23.5 Å². The molecule has 9 rings (SSSR count). The number of rotatable bonds is 3. The molecule has 0 N–H and O–H groups in total. The molecular formula is C44H24F6. The lowest BCUT2D eigenvalue weighted by Crippen LogP contribution is -2.04. The van der Waals surface area contributed by atoms with Crippen molar-refractivity contribution in [2.45, 2.75) is 12.4 Å². The molecule has 0 bridgehead atoms. The first-order valence-corrected chi connectivity index (χ1v) is 16.1. The molecule has 0 spiro atoms. The molecule has 50 heavy (non-hydrogen) atoms. The van der Waals surface area contributed by atoms with Crippen molar-refractivity contribution in [2.75, 3.05) is 0 Å². The Morgan fingerprint density at radius 2 is 0.620 bits per heavy atom. The molecule has 242 valence electrons. The molecule has 0 amide bonds. The second-order valence-corrected chi connectivity index (χ2v) is 12.7. The summed E-state index contributed by atoms with van der Waals surface area (Å²) in [7, 11) is 0. The molecule has 9 aromatic rings. The Bertz CT molecular complexity index is 2630. The van der Waals surface area contributed by atoms with Gasteiger partial charge in [-0.15, -0.1) is 0 Å². The van der Waals surface area contributed by atoms with Gasteiger partial charge in [0.2, 0.25) is 0 Å². The monoisotopic (exact) mass is 666 g/mol. The van der Waals surface area contributed by atoms with Crippen LogP contribution in [0.4, 0.5) is 26.3 Å². The van der Waals surface area contributed by atoms with Crippen LogP contribution in [0.15, 0.2) is 146 Å². The third-order valence-electron chi connectivity index (χ3n) is 9.80. The summed E-state index contributed by atoms with van der Waals surface area (Å²) in [4.78, 5) is 0. The van der Waals surface area contributed by atoms with Gasteiger partial charge in [-0.1, -0.05) is 97.1 Å². The Labute approximate surface area is 282 Å². The van der Waals surface area contributed by atoms with Crippen LogP contribution in [-0.4, -0.2) is 0 Å². The minimum absolute atomic E-state index is 0.676. The van der Waals surface area contributed by atoms with E-state index in [-0.39, 0.29) is 0 Å². The van der Waals surface area contributed by atoms with Gasteiger partial charge in [0.05, 0.1) is 11.1 Å². The summed E-state index contributed by atoms with van der Waals surface area (Å²) in [6, 6.07) is 43.4. The quantitative estimate of drug-likeness (QED) is 0.100.